The molecule has 1 heterocycles. The highest BCUT2D eigenvalue weighted by Gasteiger charge is 2.44. The summed E-state index contributed by atoms with van der Waals surface area (Å²) in [6.45, 7) is 9.42. The van der Waals surface area contributed by atoms with E-state index in [9.17, 15) is 14.4 Å². The van der Waals surface area contributed by atoms with Gasteiger partial charge < -0.3 is 5.73 Å². The number of thioether (sulfide) groups is 1. The Morgan fingerprint density at radius 2 is 1.95 bits per heavy atom. The fraction of sp³-hybridized carbons (Fsp3) is 0.786. The first-order chi connectivity index (χ1) is 9.43. The molecule has 20 heavy (non-hydrogen) atoms. The molecule has 0 radical (unpaired) electrons. The number of imide groups is 1. The Balaban J connectivity index is 0.00000172. The Kier molecular flexibility index (Phi) is 8.73. The van der Waals surface area contributed by atoms with E-state index in [-0.39, 0.29) is 41.7 Å². The molecule has 2 N–H and O–H groups in total. The first kappa shape index (κ1) is 19.1. The van der Waals surface area contributed by atoms with Gasteiger partial charge in [-0.25, -0.2) is 0 Å². The van der Waals surface area contributed by atoms with Crippen LogP contribution in [0.15, 0.2) is 0 Å². The summed E-state index contributed by atoms with van der Waals surface area (Å²) in [6.07, 6.45) is 0.180. The summed E-state index contributed by atoms with van der Waals surface area (Å²) >= 11 is 1.44. The smallest absolute Gasteiger partial charge is 0.243 e. The zero-order chi connectivity index (χ0) is 15.9. The van der Waals surface area contributed by atoms with Crippen molar-refractivity contribution in [2.24, 2.45) is 11.7 Å². The number of rotatable bonds is 6. The van der Waals surface area contributed by atoms with Crippen LogP contribution in [0.5, 0.6) is 0 Å². The second kappa shape index (κ2) is 9.13. The average molecular weight is 302 g/mol. The lowest BCUT2D eigenvalue weighted by atomic mass is 10.0. The Morgan fingerprint density at radius 1 is 1.40 bits per heavy atom. The van der Waals surface area contributed by atoms with Crippen molar-refractivity contribution in [2.75, 3.05) is 12.3 Å². The van der Waals surface area contributed by atoms with Crippen molar-refractivity contribution < 1.29 is 14.4 Å². The third kappa shape index (κ3) is 4.31. The molecule has 2 amide bonds. The van der Waals surface area contributed by atoms with E-state index in [2.05, 4.69) is 0 Å². The van der Waals surface area contributed by atoms with E-state index in [0.717, 1.165) is 10.7 Å². The number of nitrogens with zero attached hydrogens (tertiary/aromatic N) is 1. The molecule has 116 valence electrons. The molecule has 1 rings (SSSR count). The van der Waals surface area contributed by atoms with Crippen molar-refractivity contribution in [2.45, 2.75) is 52.3 Å². The molecule has 5 nitrogen and oxygen atoms in total. The minimum absolute atomic E-state index is 0.00198. The quantitative estimate of drug-likeness (QED) is 0.751. The molecule has 0 aromatic heterocycles. The van der Waals surface area contributed by atoms with Gasteiger partial charge in [0.25, 0.3) is 0 Å². The Hall–Kier alpha value is -0.880. The van der Waals surface area contributed by atoms with Crippen LogP contribution in [0.1, 0.15) is 41.0 Å². The fourth-order valence-corrected chi connectivity index (χ4v) is 2.93. The van der Waals surface area contributed by atoms with Gasteiger partial charge in [-0.3, -0.25) is 19.3 Å². The van der Waals surface area contributed by atoms with Gasteiger partial charge in [0.1, 0.15) is 6.04 Å². The lowest BCUT2D eigenvalue weighted by Gasteiger charge is -2.25. The van der Waals surface area contributed by atoms with Crippen molar-refractivity contribution in [3.05, 3.63) is 0 Å². The number of amides is 2. The summed E-state index contributed by atoms with van der Waals surface area (Å²) in [4.78, 5) is 37.1. The summed E-state index contributed by atoms with van der Waals surface area (Å²) < 4.78 is 0. The van der Waals surface area contributed by atoms with Gasteiger partial charge in [0.05, 0.1) is 5.25 Å². The number of Topliss-reactive ketones (excluding diaryl/α,β-unsaturated/α-hetero) is 1. The molecule has 1 aliphatic heterocycles. The van der Waals surface area contributed by atoms with E-state index in [1.165, 1.54) is 11.8 Å². The Labute approximate surface area is 125 Å². The maximum atomic E-state index is 12.1. The minimum atomic E-state index is -0.799. The molecule has 2 atom stereocenters. The molecular formula is C14H26N2O3S. The molecule has 1 fully saturated rings. The minimum Gasteiger partial charge on any atom is -0.328 e. The predicted octanol–water partition coefficient (Wildman–Crippen LogP) is 1.45. The molecule has 0 aromatic rings. The van der Waals surface area contributed by atoms with Crippen molar-refractivity contribution in [3.63, 3.8) is 0 Å². The third-order valence-electron chi connectivity index (χ3n) is 2.94. The summed E-state index contributed by atoms with van der Waals surface area (Å²) in [5.41, 5.74) is 5.56. The third-order valence-corrected chi connectivity index (χ3v) is 4.05. The maximum Gasteiger partial charge on any atom is 0.243 e. The van der Waals surface area contributed by atoms with Gasteiger partial charge in [0, 0.05) is 18.9 Å². The van der Waals surface area contributed by atoms with Crippen molar-refractivity contribution in [1.29, 1.82) is 0 Å². The van der Waals surface area contributed by atoms with Crippen LogP contribution in [-0.4, -0.2) is 46.1 Å². The summed E-state index contributed by atoms with van der Waals surface area (Å²) in [7, 11) is 0. The number of nitrogens with two attached hydrogens (primary N) is 1. The standard InChI is InChI=1S/C12H20N2O3S.C2H6/c1-4-18-9-5-10(15)14(12(9)17)8(6-13)11(16)7(2)3;1-2/h7-9H,4-6,13H2,1-3H3;1-2H3. The first-order valence-electron chi connectivity index (χ1n) is 7.15. The van der Waals surface area contributed by atoms with Gasteiger partial charge in [-0.05, 0) is 5.75 Å². The molecule has 0 aliphatic carbocycles. The molecule has 2 unspecified atom stereocenters. The number of likely N-dealkylation sites (tertiary alicyclic amines) is 1. The van der Waals surface area contributed by atoms with E-state index in [1.807, 2.05) is 20.8 Å². The van der Waals surface area contributed by atoms with Gasteiger partial charge >= 0.3 is 0 Å². The van der Waals surface area contributed by atoms with E-state index >= 15 is 0 Å². The molecular weight excluding hydrogens is 276 g/mol. The summed E-state index contributed by atoms with van der Waals surface area (Å²) in [5, 5.41) is -0.350. The Bertz CT molecular complexity index is 358. The molecule has 1 saturated heterocycles. The van der Waals surface area contributed by atoms with Crippen LogP contribution in [0, 0.1) is 5.92 Å². The van der Waals surface area contributed by atoms with E-state index in [1.54, 1.807) is 13.8 Å². The van der Waals surface area contributed by atoms with Crippen molar-refractivity contribution >= 4 is 29.4 Å². The second-order valence-electron chi connectivity index (χ2n) is 4.56. The van der Waals surface area contributed by atoms with Crippen molar-refractivity contribution in [3.8, 4) is 0 Å². The van der Waals surface area contributed by atoms with Crippen LogP contribution in [-0.2, 0) is 14.4 Å². The van der Waals surface area contributed by atoms with E-state index in [0.29, 0.717) is 0 Å². The van der Waals surface area contributed by atoms with E-state index < -0.39 is 6.04 Å². The zero-order valence-corrected chi connectivity index (χ0v) is 13.8. The van der Waals surface area contributed by atoms with Gasteiger partial charge in [-0.15, -0.1) is 11.8 Å². The highest BCUT2D eigenvalue weighted by molar-refractivity contribution is 8.00. The SMILES string of the molecule is CC.CCSC1CC(=O)N(C(CN)C(=O)C(C)C)C1=O. The lowest BCUT2D eigenvalue weighted by Crippen LogP contribution is -2.50. The van der Waals surface area contributed by atoms with Crippen LogP contribution in [0.25, 0.3) is 0 Å². The number of ketones is 1. The van der Waals surface area contributed by atoms with Crippen LogP contribution in [0.4, 0.5) is 0 Å². The van der Waals surface area contributed by atoms with Gasteiger partial charge in [-0.2, -0.15) is 0 Å². The largest absolute Gasteiger partial charge is 0.328 e. The maximum absolute atomic E-state index is 12.1. The van der Waals surface area contributed by atoms with Crippen LogP contribution in [0.2, 0.25) is 0 Å². The van der Waals surface area contributed by atoms with E-state index in [4.69, 9.17) is 5.73 Å². The number of carbonyl (C=O) groups excluding carboxylic acids is 3. The van der Waals surface area contributed by atoms with Gasteiger partial charge in [-0.1, -0.05) is 34.6 Å². The fourth-order valence-electron chi connectivity index (χ4n) is 2.01. The first-order valence-corrected chi connectivity index (χ1v) is 8.20. The molecule has 6 heteroatoms. The number of hydrogen-bond donors (Lipinski definition) is 1. The molecule has 0 bridgehead atoms. The van der Waals surface area contributed by atoms with Gasteiger partial charge in [0.15, 0.2) is 5.78 Å². The highest BCUT2D eigenvalue weighted by atomic mass is 32.2. The topological polar surface area (TPSA) is 80.5 Å². The number of carbonyl (C=O) groups is 3. The highest BCUT2D eigenvalue weighted by Crippen LogP contribution is 2.27. The van der Waals surface area contributed by atoms with Crippen LogP contribution < -0.4 is 5.73 Å². The average Bonchev–Trinajstić information content (AvgIpc) is 2.70. The number of hydrogen-bond acceptors (Lipinski definition) is 5. The molecule has 0 saturated carbocycles. The Morgan fingerprint density at radius 3 is 2.35 bits per heavy atom. The van der Waals surface area contributed by atoms with Crippen LogP contribution >= 0.6 is 11.8 Å². The lowest BCUT2D eigenvalue weighted by molar-refractivity contribution is -0.146. The summed E-state index contributed by atoms with van der Waals surface area (Å²) in [5.74, 6) is -0.173. The molecule has 0 spiro atoms. The van der Waals surface area contributed by atoms with Crippen LogP contribution in [0.3, 0.4) is 0 Å². The second-order valence-corrected chi connectivity index (χ2v) is 6.04. The summed E-state index contributed by atoms with van der Waals surface area (Å²) in [6, 6.07) is -0.799. The van der Waals surface area contributed by atoms with Crippen molar-refractivity contribution in [1.82, 2.24) is 4.90 Å². The predicted molar refractivity (Wildman–Crippen MR) is 82.4 cm³/mol. The normalized spacial score (nSPS) is 19.9. The molecule has 0 aromatic carbocycles. The monoisotopic (exact) mass is 302 g/mol. The van der Waals surface area contributed by atoms with Gasteiger partial charge in [0.2, 0.25) is 11.8 Å². The zero-order valence-electron chi connectivity index (χ0n) is 13.0. The molecule has 1 aliphatic rings.